The molecule has 0 spiro atoms. The normalized spacial score (nSPS) is 11.2. The van der Waals surface area contributed by atoms with Crippen molar-refractivity contribution in [2.24, 2.45) is 7.05 Å². The quantitative estimate of drug-likeness (QED) is 0.557. The SMILES string of the molecule is COc1cccc(Cc2c3c(=O)n(-c4ccc(F)cc4Cl)[nH]c3cc(=O)n2C)c1. The number of fused-ring (bicyclic) bond motifs is 1. The van der Waals surface area contributed by atoms with Crippen LogP contribution < -0.4 is 15.9 Å². The summed E-state index contributed by atoms with van der Waals surface area (Å²) in [5.41, 5.74) is 1.50. The summed E-state index contributed by atoms with van der Waals surface area (Å²) < 4.78 is 21.3. The Hall–Kier alpha value is -3.32. The number of ether oxygens (including phenoxy) is 1. The van der Waals surface area contributed by atoms with E-state index in [4.69, 9.17) is 16.3 Å². The first kappa shape index (κ1) is 19.0. The van der Waals surface area contributed by atoms with Gasteiger partial charge < -0.3 is 9.30 Å². The van der Waals surface area contributed by atoms with Crippen molar-refractivity contribution >= 4 is 22.5 Å². The van der Waals surface area contributed by atoms with Crippen LogP contribution in [0.4, 0.5) is 4.39 Å². The Balaban J connectivity index is 1.95. The fraction of sp³-hybridized carbons (Fsp3) is 0.143. The van der Waals surface area contributed by atoms with Gasteiger partial charge in [0, 0.05) is 25.2 Å². The van der Waals surface area contributed by atoms with Gasteiger partial charge in [-0.1, -0.05) is 23.7 Å². The van der Waals surface area contributed by atoms with Crippen LogP contribution in [0.1, 0.15) is 11.3 Å². The van der Waals surface area contributed by atoms with E-state index in [-0.39, 0.29) is 16.1 Å². The summed E-state index contributed by atoms with van der Waals surface area (Å²) in [5, 5.41) is 3.37. The van der Waals surface area contributed by atoms with E-state index < -0.39 is 5.82 Å². The molecule has 0 aliphatic heterocycles. The zero-order chi connectivity index (χ0) is 20.7. The first-order chi connectivity index (χ1) is 13.9. The number of benzene rings is 2. The molecule has 29 heavy (non-hydrogen) atoms. The number of hydrogen-bond donors (Lipinski definition) is 1. The molecule has 148 valence electrons. The van der Waals surface area contributed by atoms with Gasteiger partial charge >= 0.3 is 0 Å². The summed E-state index contributed by atoms with van der Waals surface area (Å²) in [6.45, 7) is 0. The molecule has 0 unspecified atom stereocenters. The van der Waals surface area contributed by atoms with Crippen LogP contribution in [-0.2, 0) is 13.5 Å². The average molecular weight is 414 g/mol. The van der Waals surface area contributed by atoms with E-state index >= 15 is 0 Å². The number of hydrogen-bond acceptors (Lipinski definition) is 3. The molecule has 1 N–H and O–H groups in total. The van der Waals surface area contributed by atoms with Crippen molar-refractivity contribution in [3.63, 3.8) is 0 Å². The number of H-pyrrole nitrogens is 1. The minimum Gasteiger partial charge on any atom is -0.497 e. The van der Waals surface area contributed by atoms with Crippen molar-refractivity contribution in [3.8, 4) is 11.4 Å². The van der Waals surface area contributed by atoms with Crippen LogP contribution in [0, 0.1) is 5.82 Å². The molecule has 4 rings (SSSR count). The lowest BCUT2D eigenvalue weighted by Gasteiger charge is -2.10. The highest BCUT2D eigenvalue weighted by Gasteiger charge is 2.18. The summed E-state index contributed by atoms with van der Waals surface area (Å²) in [5.74, 6) is 0.180. The van der Waals surface area contributed by atoms with Crippen molar-refractivity contribution in [1.82, 2.24) is 14.3 Å². The van der Waals surface area contributed by atoms with Crippen LogP contribution in [0.5, 0.6) is 5.75 Å². The Bertz CT molecular complexity index is 1350. The highest BCUT2D eigenvalue weighted by molar-refractivity contribution is 6.32. The van der Waals surface area contributed by atoms with Crippen LogP contribution >= 0.6 is 11.6 Å². The molecule has 0 bridgehead atoms. The van der Waals surface area contributed by atoms with Gasteiger partial charge in [-0.2, -0.15) is 0 Å². The fourth-order valence-corrected chi connectivity index (χ4v) is 3.63. The van der Waals surface area contributed by atoms with Gasteiger partial charge in [-0.25, -0.2) is 9.07 Å². The Morgan fingerprint density at radius 1 is 1.14 bits per heavy atom. The predicted molar refractivity (Wildman–Crippen MR) is 110 cm³/mol. The number of aromatic amines is 1. The average Bonchev–Trinajstić information content (AvgIpc) is 3.01. The smallest absolute Gasteiger partial charge is 0.280 e. The molecule has 0 saturated heterocycles. The number of rotatable bonds is 4. The third-order valence-corrected chi connectivity index (χ3v) is 5.17. The van der Waals surface area contributed by atoms with E-state index in [0.717, 1.165) is 11.6 Å². The van der Waals surface area contributed by atoms with Crippen molar-refractivity contribution in [1.29, 1.82) is 0 Å². The maximum Gasteiger partial charge on any atom is 0.280 e. The molecule has 0 amide bonds. The van der Waals surface area contributed by atoms with Gasteiger partial charge in [-0.3, -0.25) is 14.7 Å². The highest BCUT2D eigenvalue weighted by atomic mass is 35.5. The first-order valence-corrected chi connectivity index (χ1v) is 9.19. The molecule has 0 atom stereocenters. The van der Waals surface area contributed by atoms with E-state index in [1.807, 2.05) is 24.3 Å². The van der Waals surface area contributed by atoms with Crippen molar-refractivity contribution < 1.29 is 9.13 Å². The number of methoxy groups -OCH3 is 1. The summed E-state index contributed by atoms with van der Waals surface area (Å²) in [4.78, 5) is 25.7. The zero-order valence-corrected chi connectivity index (χ0v) is 16.5. The molecular weight excluding hydrogens is 397 g/mol. The van der Waals surface area contributed by atoms with Crippen LogP contribution in [0.3, 0.4) is 0 Å². The maximum absolute atomic E-state index is 13.4. The number of nitrogens with one attached hydrogen (secondary N) is 1. The largest absolute Gasteiger partial charge is 0.497 e. The third-order valence-electron chi connectivity index (χ3n) is 4.87. The van der Waals surface area contributed by atoms with Crippen LogP contribution in [0.2, 0.25) is 5.02 Å². The molecule has 2 aromatic carbocycles. The molecule has 0 aliphatic carbocycles. The molecule has 0 saturated carbocycles. The van der Waals surface area contributed by atoms with Gasteiger partial charge in [0.2, 0.25) is 0 Å². The third kappa shape index (κ3) is 3.34. The van der Waals surface area contributed by atoms with E-state index in [0.29, 0.717) is 34.5 Å². The van der Waals surface area contributed by atoms with Gasteiger partial charge in [-0.15, -0.1) is 0 Å². The summed E-state index contributed by atoms with van der Waals surface area (Å²) in [6, 6.07) is 12.5. The van der Waals surface area contributed by atoms with Crippen LogP contribution in [-0.4, -0.2) is 21.5 Å². The molecule has 0 aliphatic rings. The second-order valence-electron chi connectivity index (χ2n) is 6.65. The Labute approximate surface area is 169 Å². The highest BCUT2D eigenvalue weighted by Crippen LogP contribution is 2.23. The standard InChI is InChI=1S/C21H17ClFN3O3/c1-25-18(9-12-4-3-5-14(8-12)29-2)20-16(11-19(25)27)24-26(21(20)28)17-7-6-13(23)10-15(17)22/h3-8,10-11,24H,9H2,1-2H3. The second kappa shape index (κ2) is 7.25. The second-order valence-corrected chi connectivity index (χ2v) is 7.06. The van der Waals surface area contributed by atoms with Gasteiger partial charge in [0.15, 0.2) is 0 Å². The number of halogens is 2. The minimum atomic E-state index is -0.505. The Morgan fingerprint density at radius 3 is 2.66 bits per heavy atom. The number of nitrogens with zero attached hydrogens (tertiary/aromatic N) is 2. The lowest BCUT2D eigenvalue weighted by molar-refractivity contribution is 0.414. The van der Waals surface area contributed by atoms with Crippen molar-refractivity contribution in [3.05, 3.63) is 91.3 Å². The molecule has 4 aromatic rings. The van der Waals surface area contributed by atoms with Crippen LogP contribution in [0.15, 0.2) is 58.1 Å². The predicted octanol–water partition coefficient (Wildman–Crippen LogP) is 3.41. The minimum absolute atomic E-state index is 0.0831. The molecule has 2 heterocycles. The number of pyridine rings is 1. The van der Waals surface area contributed by atoms with Gasteiger partial charge in [0.25, 0.3) is 11.1 Å². The number of aromatic nitrogens is 3. The molecular formula is C21H17ClFN3O3. The molecule has 6 nitrogen and oxygen atoms in total. The molecule has 0 radical (unpaired) electrons. The van der Waals surface area contributed by atoms with Crippen molar-refractivity contribution in [2.45, 2.75) is 6.42 Å². The molecule has 0 fully saturated rings. The monoisotopic (exact) mass is 413 g/mol. The topological polar surface area (TPSA) is 69.0 Å². The van der Waals surface area contributed by atoms with E-state index in [1.54, 1.807) is 14.2 Å². The van der Waals surface area contributed by atoms with Gasteiger partial charge in [-0.05, 0) is 35.9 Å². The summed E-state index contributed by atoms with van der Waals surface area (Å²) in [7, 11) is 3.20. The lowest BCUT2D eigenvalue weighted by Crippen LogP contribution is -2.22. The van der Waals surface area contributed by atoms with Crippen LogP contribution in [0.25, 0.3) is 16.6 Å². The van der Waals surface area contributed by atoms with Gasteiger partial charge in [0.1, 0.15) is 11.6 Å². The lowest BCUT2D eigenvalue weighted by atomic mass is 10.1. The Kier molecular flexibility index (Phi) is 4.76. The maximum atomic E-state index is 13.4. The molecule has 2 aromatic heterocycles. The first-order valence-electron chi connectivity index (χ1n) is 8.81. The zero-order valence-electron chi connectivity index (χ0n) is 15.7. The van der Waals surface area contributed by atoms with Crippen molar-refractivity contribution in [2.75, 3.05) is 7.11 Å². The Morgan fingerprint density at radius 2 is 1.93 bits per heavy atom. The van der Waals surface area contributed by atoms with Gasteiger partial charge in [0.05, 0.1) is 28.7 Å². The van der Waals surface area contributed by atoms with E-state index in [1.165, 1.54) is 27.4 Å². The van der Waals surface area contributed by atoms with E-state index in [9.17, 15) is 14.0 Å². The summed E-state index contributed by atoms with van der Waals surface area (Å²) >= 11 is 6.13. The van der Waals surface area contributed by atoms with E-state index in [2.05, 4.69) is 5.10 Å². The fourth-order valence-electron chi connectivity index (χ4n) is 3.37. The molecule has 8 heteroatoms. The summed E-state index contributed by atoms with van der Waals surface area (Å²) in [6.07, 6.45) is 0.352.